The van der Waals surface area contributed by atoms with Crippen molar-refractivity contribution in [3.8, 4) is 0 Å². The van der Waals surface area contributed by atoms with Gasteiger partial charge in [-0.2, -0.15) is 0 Å². The largest absolute Gasteiger partial charge is 0.469 e. The summed E-state index contributed by atoms with van der Waals surface area (Å²) in [5.41, 5.74) is 1.02. The Labute approximate surface area is 117 Å². The third kappa shape index (κ3) is 3.53. The third-order valence-corrected chi connectivity index (χ3v) is 4.26. The number of hydrogen-bond donors (Lipinski definition) is 0. The lowest BCUT2D eigenvalue weighted by Crippen LogP contribution is -2.18. The summed E-state index contributed by atoms with van der Waals surface area (Å²) >= 11 is 1.67. The number of para-hydroxylation sites is 1. The molecule has 0 bridgehead atoms. The summed E-state index contributed by atoms with van der Waals surface area (Å²) in [5.74, 6) is -0.182. The maximum absolute atomic E-state index is 11.8. The van der Waals surface area contributed by atoms with Crippen LogP contribution in [0.1, 0.15) is 31.2 Å². The minimum atomic E-state index is -0.118. The molecule has 19 heavy (non-hydrogen) atoms. The molecular formula is C15H19NO2S. The molecule has 4 heteroatoms. The average Bonchev–Trinajstić information content (AvgIpc) is 2.84. The van der Waals surface area contributed by atoms with E-state index < -0.39 is 0 Å². The third-order valence-electron chi connectivity index (χ3n) is 3.20. The van der Waals surface area contributed by atoms with Gasteiger partial charge in [0, 0.05) is 6.42 Å². The molecule has 0 aliphatic heterocycles. The normalized spacial score (nSPS) is 12.5. The van der Waals surface area contributed by atoms with Crippen molar-refractivity contribution in [2.24, 2.45) is 5.92 Å². The van der Waals surface area contributed by atoms with Crippen molar-refractivity contribution in [3.63, 3.8) is 0 Å². The maximum atomic E-state index is 11.8. The number of rotatable bonds is 6. The number of methoxy groups -OCH3 is 1. The number of unbranched alkanes of at least 4 members (excludes halogenated alkanes) is 1. The number of carbonyl (C=O) groups is 1. The summed E-state index contributed by atoms with van der Waals surface area (Å²) in [4.78, 5) is 16.4. The second-order valence-electron chi connectivity index (χ2n) is 4.64. The van der Waals surface area contributed by atoms with Gasteiger partial charge in [0.25, 0.3) is 0 Å². The fraction of sp³-hybridized carbons (Fsp3) is 0.467. The van der Waals surface area contributed by atoms with E-state index in [0.29, 0.717) is 6.42 Å². The number of benzene rings is 1. The van der Waals surface area contributed by atoms with Gasteiger partial charge < -0.3 is 4.74 Å². The minimum absolute atomic E-state index is 0.0643. The van der Waals surface area contributed by atoms with Crippen molar-refractivity contribution in [2.45, 2.75) is 32.6 Å². The van der Waals surface area contributed by atoms with Gasteiger partial charge in [-0.05, 0) is 18.6 Å². The first-order valence-corrected chi connectivity index (χ1v) is 7.48. The van der Waals surface area contributed by atoms with E-state index >= 15 is 0 Å². The molecule has 0 saturated carbocycles. The Morgan fingerprint density at radius 3 is 2.89 bits per heavy atom. The molecule has 0 aliphatic rings. The van der Waals surface area contributed by atoms with Crippen LogP contribution in [0.5, 0.6) is 0 Å². The van der Waals surface area contributed by atoms with E-state index in [0.717, 1.165) is 29.8 Å². The molecule has 0 N–H and O–H groups in total. The molecule has 1 atom stereocenters. The van der Waals surface area contributed by atoms with E-state index in [9.17, 15) is 4.79 Å². The SMILES string of the molecule is CCCCC(Cc1nc2ccccc2s1)C(=O)OC. The topological polar surface area (TPSA) is 39.2 Å². The lowest BCUT2D eigenvalue weighted by molar-refractivity contribution is -0.145. The van der Waals surface area contributed by atoms with Gasteiger partial charge in [-0.15, -0.1) is 11.3 Å². The lowest BCUT2D eigenvalue weighted by Gasteiger charge is -2.12. The van der Waals surface area contributed by atoms with Crippen LogP contribution in [0.15, 0.2) is 24.3 Å². The van der Waals surface area contributed by atoms with Gasteiger partial charge in [-0.3, -0.25) is 4.79 Å². The Balaban J connectivity index is 2.13. The number of nitrogens with zero attached hydrogens (tertiary/aromatic N) is 1. The van der Waals surface area contributed by atoms with E-state index in [1.54, 1.807) is 11.3 Å². The first kappa shape index (κ1) is 14.0. The standard InChI is InChI=1S/C15H19NO2S/c1-3-4-7-11(15(17)18-2)10-14-16-12-8-5-6-9-13(12)19-14/h5-6,8-9,11H,3-4,7,10H2,1-2H3. The van der Waals surface area contributed by atoms with Crippen molar-refractivity contribution in [1.82, 2.24) is 4.98 Å². The van der Waals surface area contributed by atoms with Crippen LogP contribution in [0.3, 0.4) is 0 Å². The molecule has 0 aliphatic carbocycles. The Morgan fingerprint density at radius 1 is 1.42 bits per heavy atom. The van der Waals surface area contributed by atoms with Crippen LogP contribution in [0.2, 0.25) is 0 Å². The molecule has 0 radical (unpaired) electrons. The van der Waals surface area contributed by atoms with Gasteiger partial charge in [0.15, 0.2) is 0 Å². The molecule has 1 unspecified atom stereocenters. The van der Waals surface area contributed by atoms with Crippen LogP contribution in [-0.2, 0) is 16.0 Å². The van der Waals surface area contributed by atoms with Gasteiger partial charge in [0.05, 0.1) is 28.3 Å². The summed E-state index contributed by atoms with van der Waals surface area (Å²) in [5, 5.41) is 1.02. The molecule has 1 heterocycles. The smallest absolute Gasteiger partial charge is 0.309 e. The predicted molar refractivity (Wildman–Crippen MR) is 78.4 cm³/mol. The summed E-state index contributed by atoms with van der Waals surface area (Å²) in [6, 6.07) is 8.07. The van der Waals surface area contributed by atoms with Crippen molar-refractivity contribution >= 4 is 27.5 Å². The van der Waals surface area contributed by atoms with Gasteiger partial charge >= 0.3 is 5.97 Å². The highest BCUT2D eigenvalue weighted by molar-refractivity contribution is 7.18. The van der Waals surface area contributed by atoms with Crippen LogP contribution in [0.25, 0.3) is 10.2 Å². The molecule has 0 saturated heterocycles. The van der Waals surface area contributed by atoms with Gasteiger partial charge in [0.2, 0.25) is 0 Å². The zero-order chi connectivity index (χ0) is 13.7. The average molecular weight is 277 g/mol. The van der Waals surface area contributed by atoms with Crippen LogP contribution in [-0.4, -0.2) is 18.1 Å². The molecule has 102 valence electrons. The highest BCUT2D eigenvalue weighted by Gasteiger charge is 2.20. The van der Waals surface area contributed by atoms with E-state index in [1.165, 1.54) is 11.8 Å². The number of fused-ring (bicyclic) bond motifs is 1. The minimum Gasteiger partial charge on any atom is -0.469 e. The molecule has 0 fully saturated rings. The van der Waals surface area contributed by atoms with Crippen molar-refractivity contribution in [1.29, 1.82) is 0 Å². The molecule has 0 spiro atoms. The lowest BCUT2D eigenvalue weighted by atomic mass is 9.99. The number of hydrogen-bond acceptors (Lipinski definition) is 4. The summed E-state index contributed by atoms with van der Waals surface area (Å²) < 4.78 is 6.07. The van der Waals surface area contributed by atoms with E-state index in [2.05, 4.69) is 18.0 Å². The second kappa shape index (κ2) is 6.66. The van der Waals surface area contributed by atoms with Crippen LogP contribution in [0.4, 0.5) is 0 Å². The van der Waals surface area contributed by atoms with E-state index in [4.69, 9.17) is 4.74 Å². The maximum Gasteiger partial charge on any atom is 0.309 e. The van der Waals surface area contributed by atoms with Crippen LogP contribution in [0, 0.1) is 5.92 Å². The first-order chi connectivity index (χ1) is 9.24. The van der Waals surface area contributed by atoms with Crippen molar-refractivity contribution in [2.75, 3.05) is 7.11 Å². The van der Waals surface area contributed by atoms with Crippen molar-refractivity contribution in [3.05, 3.63) is 29.3 Å². The Bertz CT molecular complexity index is 517. The molecule has 2 rings (SSSR count). The summed E-state index contributed by atoms with van der Waals surface area (Å²) in [6.45, 7) is 2.13. The highest BCUT2D eigenvalue weighted by Crippen LogP contribution is 2.25. The quantitative estimate of drug-likeness (QED) is 0.753. The fourth-order valence-corrected chi connectivity index (χ4v) is 3.19. The number of ether oxygens (including phenoxy) is 1. The van der Waals surface area contributed by atoms with E-state index in [1.807, 2.05) is 18.2 Å². The number of thiazole rings is 1. The fourth-order valence-electron chi connectivity index (χ4n) is 2.14. The monoisotopic (exact) mass is 277 g/mol. The number of esters is 1. The summed E-state index contributed by atoms with van der Waals surface area (Å²) in [7, 11) is 1.46. The van der Waals surface area contributed by atoms with Crippen LogP contribution >= 0.6 is 11.3 Å². The summed E-state index contributed by atoms with van der Waals surface area (Å²) in [6.07, 6.45) is 3.70. The van der Waals surface area contributed by atoms with Crippen LogP contribution < -0.4 is 0 Å². The molecule has 1 aromatic carbocycles. The zero-order valence-electron chi connectivity index (χ0n) is 11.4. The Morgan fingerprint density at radius 2 is 2.21 bits per heavy atom. The Hall–Kier alpha value is -1.42. The van der Waals surface area contributed by atoms with Gasteiger partial charge in [-0.1, -0.05) is 31.9 Å². The van der Waals surface area contributed by atoms with Crippen molar-refractivity contribution < 1.29 is 9.53 Å². The van der Waals surface area contributed by atoms with Gasteiger partial charge in [-0.25, -0.2) is 4.98 Å². The molecule has 1 aromatic heterocycles. The highest BCUT2D eigenvalue weighted by atomic mass is 32.1. The first-order valence-electron chi connectivity index (χ1n) is 6.67. The molecule has 3 nitrogen and oxygen atoms in total. The molecule has 2 aromatic rings. The van der Waals surface area contributed by atoms with Gasteiger partial charge in [0.1, 0.15) is 0 Å². The van der Waals surface area contributed by atoms with E-state index in [-0.39, 0.29) is 11.9 Å². The zero-order valence-corrected chi connectivity index (χ0v) is 12.2. The Kier molecular flexibility index (Phi) is 4.91. The molecular weight excluding hydrogens is 258 g/mol. The second-order valence-corrected chi connectivity index (χ2v) is 5.76. The molecule has 0 amide bonds. The number of carbonyl (C=O) groups excluding carboxylic acids is 1. The predicted octanol–water partition coefficient (Wildman–Crippen LogP) is 3.82. The number of aromatic nitrogens is 1.